The quantitative estimate of drug-likeness (QED) is 0.451. The maximum atomic E-state index is 6.30. The van der Waals surface area contributed by atoms with Crippen molar-refractivity contribution in [1.29, 1.82) is 0 Å². The zero-order chi connectivity index (χ0) is 22.8. The summed E-state index contributed by atoms with van der Waals surface area (Å²) in [5, 5.41) is 4.88. The number of anilines is 1. The Morgan fingerprint density at radius 2 is 1.79 bits per heavy atom. The van der Waals surface area contributed by atoms with Crippen molar-refractivity contribution in [2.75, 3.05) is 25.0 Å². The van der Waals surface area contributed by atoms with Crippen molar-refractivity contribution in [3.8, 4) is 0 Å². The van der Waals surface area contributed by atoms with Crippen LogP contribution in [0.1, 0.15) is 32.3 Å². The summed E-state index contributed by atoms with van der Waals surface area (Å²) >= 11 is 0. The Hall–Kier alpha value is -3.03. The summed E-state index contributed by atoms with van der Waals surface area (Å²) in [7, 11) is 0. The lowest BCUT2D eigenvalue weighted by Crippen LogP contribution is -2.46. The second-order valence-corrected chi connectivity index (χ2v) is 9.49. The second kappa shape index (κ2) is 9.45. The molecule has 4 heterocycles. The fourth-order valence-corrected chi connectivity index (χ4v) is 4.64. The van der Waals surface area contributed by atoms with Crippen molar-refractivity contribution in [1.82, 2.24) is 24.4 Å². The minimum atomic E-state index is 0.235. The second-order valence-electron chi connectivity index (χ2n) is 9.49. The average molecular weight is 444 g/mol. The summed E-state index contributed by atoms with van der Waals surface area (Å²) in [4.78, 5) is 16.7. The van der Waals surface area contributed by atoms with E-state index in [0.29, 0.717) is 18.5 Å². The Morgan fingerprint density at radius 3 is 2.61 bits per heavy atom. The lowest BCUT2D eigenvalue weighted by molar-refractivity contribution is 0.194. The molecule has 0 radical (unpaired) electrons. The number of nitrogens with zero attached hydrogens (tertiary/aromatic N) is 5. The lowest BCUT2D eigenvalue weighted by Gasteiger charge is -2.34. The molecule has 1 aromatic carbocycles. The van der Waals surface area contributed by atoms with Gasteiger partial charge in [-0.05, 0) is 42.5 Å². The summed E-state index contributed by atoms with van der Waals surface area (Å²) in [5.41, 5.74) is 10.3. The van der Waals surface area contributed by atoms with Gasteiger partial charge in [0.15, 0.2) is 5.65 Å². The summed E-state index contributed by atoms with van der Waals surface area (Å²) in [6.45, 7) is 8.16. The first kappa shape index (κ1) is 21.8. The SMILES string of the molecule is CC(C)C(N)CN1CCC(Nc2nc3cccnc3n2Cc2cccc3cccnc23)CC1. The normalized spacial score (nSPS) is 16.6. The van der Waals surface area contributed by atoms with E-state index in [4.69, 9.17) is 10.7 Å². The van der Waals surface area contributed by atoms with Gasteiger partial charge in [-0.1, -0.05) is 38.1 Å². The van der Waals surface area contributed by atoms with Crippen molar-refractivity contribution < 1.29 is 0 Å². The third-order valence-corrected chi connectivity index (χ3v) is 6.79. The zero-order valence-electron chi connectivity index (χ0n) is 19.5. The van der Waals surface area contributed by atoms with E-state index in [1.165, 1.54) is 5.56 Å². The number of imidazole rings is 1. The van der Waals surface area contributed by atoms with Crippen molar-refractivity contribution in [3.05, 3.63) is 60.4 Å². The van der Waals surface area contributed by atoms with Gasteiger partial charge in [-0.25, -0.2) is 9.97 Å². The molecule has 4 aromatic rings. The maximum Gasteiger partial charge on any atom is 0.205 e. The highest BCUT2D eigenvalue weighted by molar-refractivity contribution is 5.82. The highest BCUT2D eigenvalue weighted by Crippen LogP contribution is 2.25. The van der Waals surface area contributed by atoms with E-state index in [2.05, 4.69) is 62.9 Å². The van der Waals surface area contributed by atoms with Crippen LogP contribution in [0.5, 0.6) is 0 Å². The number of piperidine rings is 1. The van der Waals surface area contributed by atoms with Gasteiger partial charge in [0.1, 0.15) is 5.52 Å². The molecule has 5 rings (SSSR count). The maximum absolute atomic E-state index is 6.30. The van der Waals surface area contributed by atoms with Crippen molar-refractivity contribution >= 4 is 28.0 Å². The van der Waals surface area contributed by atoms with Crippen LogP contribution in [0.2, 0.25) is 0 Å². The third kappa shape index (κ3) is 4.70. The number of pyridine rings is 2. The summed E-state index contributed by atoms with van der Waals surface area (Å²) in [6.07, 6.45) is 5.85. The number of benzene rings is 1. The summed E-state index contributed by atoms with van der Waals surface area (Å²) in [6, 6.07) is 15.0. The van der Waals surface area contributed by atoms with Gasteiger partial charge >= 0.3 is 0 Å². The van der Waals surface area contributed by atoms with E-state index in [-0.39, 0.29) is 6.04 Å². The van der Waals surface area contributed by atoms with E-state index in [1.54, 1.807) is 0 Å². The fourth-order valence-electron chi connectivity index (χ4n) is 4.64. The van der Waals surface area contributed by atoms with Crippen LogP contribution in [-0.2, 0) is 6.54 Å². The van der Waals surface area contributed by atoms with Crippen LogP contribution in [0.4, 0.5) is 5.95 Å². The minimum absolute atomic E-state index is 0.235. The molecule has 0 aliphatic carbocycles. The molecule has 3 aromatic heterocycles. The largest absolute Gasteiger partial charge is 0.353 e. The van der Waals surface area contributed by atoms with Crippen LogP contribution < -0.4 is 11.1 Å². The van der Waals surface area contributed by atoms with Crippen LogP contribution in [0.3, 0.4) is 0 Å². The van der Waals surface area contributed by atoms with E-state index in [0.717, 1.165) is 60.5 Å². The molecule has 0 bridgehead atoms. The minimum Gasteiger partial charge on any atom is -0.353 e. The lowest BCUT2D eigenvalue weighted by atomic mass is 10.0. The monoisotopic (exact) mass is 443 g/mol. The number of likely N-dealkylation sites (tertiary alicyclic amines) is 1. The van der Waals surface area contributed by atoms with E-state index in [1.807, 2.05) is 30.6 Å². The number of hydrogen-bond donors (Lipinski definition) is 2. The smallest absolute Gasteiger partial charge is 0.205 e. The predicted octanol–water partition coefficient (Wildman–Crippen LogP) is 3.89. The third-order valence-electron chi connectivity index (χ3n) is 6.79. The van der Waals surface area contributed by atoms with Gasteiger partial charge in [0.2, 0.25) is 5.95 Å². The molecule has 0 saturated carbocycles. The zero-order valence-corrected chi connectivity index (χ0v) is 19.5. The molecular weight excluding hydrogens is 410 g/mol. The van der Waals surface area contributed by atoms with Crippen LogP contribution in [0.15, 0.2) is 54.9 Å². The number of para-hydroxylation sites is 1. The highest BCUT2D eigenvalue weighted by Gasteiger charge is 2.23. The van der Waals surface area contributed by atoms with Crippen LogP contribution in [-0.4, -0.2) is 56.1 Å². The Bertz CT molecular complexity index is 1220. The molecule has 3 N–H and O–H groups in total. The van der Waals surface area contributed by atoms with Crippen LogP contribution in [0, 0.1) is 5.92 Å². The molecule has 33 heavy (non-hydrogen) atoms. The first-order chi connectivity index (χ1) is 16.1. The Kier molecular flexibility index (Phi) is 6.24. The van der Waals surface area contributed by atoms with Gasteiger partial charge < -0.3 is 16.0 Å². The van der Waals surface area contributed by atoms with Gasteiger partial charge in [0.05, 0.1) is 12.1 Å². The fraction of sp³-hybridized carbons (Fsp3) is 0.423. The molecule has 1 aliphatic heterocycles. The van der Waals surface area contributed by atoms with Gasteiger partial charge in [-0.3, -0.25) is 9.55 Å². The molecule has 7 heteroatoms. The van der Waals surface area contributed by atoms with Crippen LogP contribution in [0.25, 0.3) is 22.1 Å². The first-order valence-corrected chi connectivity index (χ1v) is 12.0. The number of hydrogen-bond acceptors (Lipinski definition) is 6. The van der Waals surface area contributed by atoms with E-state index < -0.39 is 0 Å². The van der Waals surface area contributed by atoms with Gasteiger partial charge in [0.25, 0.3) is 0 Å². The molecule has 0 amide bonds. The Morgan fingerprint density at radius 1 is 1.03 bits per heavy atom. The molecule has 0 spiro atoms. The number of nitrogens with two attached hydrogens (primary N) is 1. The predicted molar refractivity (Wildman–Crippen MR) is 134 cm³/mol. The van der Waals surface area contributed by atoms with E-state index in [9.17, 15) is 0 Å². The number of nitrogens with one attached hydrogen (secondary N) is 1. The van der Waals surface area contributed by atoms with Gasteiger partial charge in [0, 0.05) is 49.5 Å². The first-order valence-electron chi connectivity index (χ1n) is 12.0. The molecule has 1 atom stereocenters. The Labute approximate surface area is 195 Å². The molecule has 1 saturated heterocycles. The highest BCUT2D eigenvalue weighted by atomic mass is 15.3. The van der Waals surface area contributed by atoms with Crippen molar-refractivity contribution in [2.45, 2.75) is 45.3 Å². The topological polar surface area (TPSA) is 84.9 Å². The van der Waals surface area contributed by atoms with Crippen LogP contribution >= 0.6 is 0 Å². The summed E-state index contributed by atoms with van der Waals surface area (Å²) in [5.74, 6) is 1.39. The molecule has 7 nitrogen and oxygen atoms in total. The van der Waals surface area contributed by atoms with Gasteiger partial charge in [-0.2, -0.15) is 0 Å². The number of rotatable bonds is 7. The number of aromatic nitrogens is 4. The number of fused-ring (bicyclic) bond motifs is 2. The molecular formula is C26H33N7. The van der Waals surface area contributed by atoms with E-state index >= 15 is 0 Å². The standard InChI is InChI=1S/C26H33N7/c1-18(2)22(27)17-32-14-10-21(11-15-32)30-26-31-23-9-5-13-29-25(23)33(26)16-20-7-3-6-19-8-4-12-28-24(19)20/h3-9,12-13,18,21-22H,10-11,14-17,27H2,1-2H3,(H,30,31). The molecule has 1 unspecified atom stereocenters. The molecule has 1 aliphatic rings. The average Bonchev–Trinajstić information content (AvgIpc) is 3.17. The van der Waals surface area contributed by atoms with Gasteiger partial charge in [-0.15, -0.1) is 0 Å². The molecule has 172 valence electrons. The van der Waals surface area contributed by atoms with Crippen molar-refractivity contribution in [2.24, 2.45) is 11.7 Å². The Balaban J connectivity index is 1.37. The summed E-state index contributed by atoms with van der Waals surface area (Å²) < 4.78 is 2.19. The molecule has 1 fully saturated rings. The van der Waals surface area contributed by atoms with Crippen molar-refractivity contribution in [3.63, 3.8) is 0 Å².